The summed E-state index contributed by atoms with van der Waals surface area (Å²) < 4.78 is 0.885. The Labute approximate surface area is 89.4 Å². The molecular weight excluding hydrogens is 251 g/mol. The summed E-state index contributed by atoms with van der Waals surface area (Å²) in [5.74, 6) is 0.990. The predicted octanol–water partition coefficient (Wildman–Crippen LogP) is 3.54. The van der Waals surface area contributed by atoms with Gasteiger partial charge in [-0.2, -0.15) is 0 Å². The summed E-state index contributed by atoms with van der Waals surface area (Å²) in [6, 6.07) is 3.81. The molecule has 1 heterocycles. The maximum Gasteiger partial charge on any atom is 0.106 e. The van der Waals surface area contributed by atoms with Crippen molar-refractivity contribution in [3.8, 4) is 0 Å². The first-order valence-corrected chi connectivity index (χ1v) is 5.21. The molecule has 0 bridgehead atoms. The van der Waals surface area contributed by atoms with Crippen LogP contribution in [0.3, 0.4) is 0 Å². The number of hydrogen-bond donors (Lipinski definition) is 1. The Morgan fingerprint density at radius 1 is 1.54 bits per heavy atom. The van der Waals surface area contributed by atoms with Gasteiger partial charge in [-0.1, -0.05) is 18.5 Å². The molecule has 0 unspecified atom stereocenters. The molecule has 0 fully saturated rings. The molecule has 0 atom stereocenters. The molecule has 0 saturated carbocycles. The fourth-order valence-electron chi connectivity index (χ4n) is 1.23. The van der Waals surface area contributed by atoms with Crippen molar-refractivity contribution in [1.82, 2.24) is 9.97 Å². The van der Waals surface area contributed by atoms with Gasteiger partial charge in [-0.3, -0.25) is 0 Å². The zero-order chi connectivity index (χ0) is 9.42. The number of nitrogens with one attached hydrogen (secondary N) is 1. The van der Waals surface area contributed by atoms with Crippen LogP contribution in [0.5, 0.6) is 0 Å². The number of imidazole rings is 1. The highest BCUT2D eigenvalue weighted by atomic mass is 79.9. The van der Waals surface area contributed by atoms with Crippen LogP contribution >= 0.6 is 27.5 Å². The van der Waals surface area contributed by atoms with E-state index in [4.69, 9.17) is 11.6 Å². The van der Waals surface area contributed by atoms with Crippen LogP contribution in [0.2, 0.25) is 5.02 Å². The average Bonchev–Trinajstić information content (AvgIpc) is 2.48. The minimum absolute atomic E-state index is 0.707. The van der Waals surface area contributed by atoms with E-state index in [9.17, 15) is 0 Å². The van der Waals surface area contributed by atoms with Crippen LogP contribution in [-0.4, -0.2) is 9.97 Å². The van der Waals surface area contributed by atoms with Crippen molar-refractivity contribution in [3.05, 3.63) is 27.5 Å². The molecule has 0 saturated heterocycles. The lowest BCUT2D eigenvalue weighted by atomic mass is 10.3. The Morgan fingerprint density at radius 2 is 2.31 bits per heavy atom. The molecule has 2 nitrogen and oxygen atoms in total. The van der Waals surface area contributed by atoms with E-state index in [1.807, 2.05) is 12.1 Å². The van der Waals surface area contributed by atoms with Gasteiger partial charge in [-0.15, -0.1) is 0 Å². The van der Waals surface area contributed by atoms with E-state index in [0.29, 0.717) is 5.02 Å². The van der Waals surface area contributed by atoms with E-state index in [2.05, 4.69) is 32.8 Å². The first kappa shape index (κ1) is 9.03. The van der Waals surface area contributed by atoms with Crippen LogP contribution < -0.4 is 0 Å². The molecule has 0 aliphatic rings. The second-order valence-electron chi connectivity index (χ2n) is 2.82. The maximum atomic E-state index is 5.95. The highest BCUT2D eigenvalue weighted by Gasteiger charge is 2.04. The molecule has 13 heavy (non-hydrogen) atoms. The van der Waals surface area contributed by atoms with Gasteiger partial charge in [0.05, 0.1) is 16.1 Å². The first-order valence-electron chi connectivity index (χ1n) is 4.04. The van der Waals surface area contributed by atoms with Crippen molar-refractivity contribution in [2.45, 2.75) is 13.3 Å². The summed E-state index contributed by atoms with van der Waals surface area (Å²) in [5.41, 5.74) is 1.94. The Bertz CT molecular complexity index is 411. The molecule has 0 spiro atoms. The molecule has 0 aliphatic heterocycles. The summed E-state index contributed by atoms with van der Waals surface area (Å²) in [5, 5.41) is 0.707. The van der Waals surface area contributed by atoms with Crippen molar-refractivity contribution in [2.24, 2.45) is 0 Å². The fourth-order valence-corrected chi connectivity index (χ4v) is 1.72. The highest BCUT2D eigenvalue weighted by molar-refractivity contribution is 9.10. The number of fused-ring (bicyclic) bond motifs is 1. The van der Waals surface area contributed by atoms with Gasteiger partial charge in [0.25, 0.3) is 0 Å². The van der Waals surface area contributed by atoms with E-state index in [1.165, 1.54) is 0 Å². The molecule has 1 N–H and O–H groups in total. The number of nitrogens with zero attached hydrogens (tertiary/aromatic N) is 1. The van der Waals surface area contributed by atoms with Crippen LogP contribution in [0, 0.1) is 0 Å². The monoisotopic (exact) mass is 258 g/mol. The van der Waals surface area contributed by atoms with Gasteiger partial charge in [0.2, 0.25) is 0 Å². The van der Waals surface area contributed by atoms with Gasteiger partial charge in [-0.05, 0) is 28.1 Å². The van der Waals surface area contributed by atoms with E-state index in [-0.39, 0.29) is 0 Å². The third-order valence-electron chi connectivity index (χ3n) is 1.91. The predicted molar refractivity (Wildman–Crippen MR) is 58.2 cm³/mol. The van der Waals surface area contributed by atoms with Gasteiger partial charge in [0, 0.05) is 10.9 Å². The zero-order valence-corrected chi connectivity index (χ0v) is 9.41. The van der Waals surface area contributed by atoms with E-state index in [1.54, 1.807) is 0 Å². The third kappa shape index (κ3) is 1.58. The maximum absolute atomic E-state index is 5.95. The van der Waals surface area contributed by atoms with E-state index >= 15 is 0 Å². The number of halogens is 2. The SMILES string of the molecule is CCc1nc2cc(Br)c(Cl)cc2[nH]1. The molecule has 68 valence electrons. The molecule has 2 aromatic rings. The van der Waals surface area contributed by atoms with Gasteiger partial charge in [0.1, 0.15) is 5.82 Å². The van der Waals surface area contributed by atoms with Gasteiger partial charge in [-0.25, -0.2) is 4.98 Å². The van der Waals surface area contributed by atoms with E-state index < -0.39 is 0 Å². The molecule has 0 amide bonds. The highest BCUT2D eigenvalue weighted by Crippen LogP contribution is 2.26. The number of aryl methyl sites for hydroxylation is 1. The third-order valence-corrected chi connectivity index (χ3v) is 3.10. The topological polar surface area (TPSA) is 28.7 Å². The van der Waals surface area contributed by atoms with Crippen molar-refractivity contribution in [2.75, 3.05) is 0 Å². The van der Waals surface area contributed by atoms with Crippen LogP contribution in [0.15, 0.2) is 16.6 Å². The summed E-state index contributed by atoms with van der Waals surface area (Å²) in [6.07, 6.45) is 0.907. The number of aromatic amines is 1. The number of hydrogen-bond acceptors (Lipinski definition) is 1. The molecule has 2 rings (SSSR count). The first-order chi connectivity index (χ1) is 6.20. The second-order valence-corrected chi connectivity index (χ2v) is 4.08. The number of H-pyrrole nitrogens is 1. The summed E-state index contributed by atoms with van der Waals surface area (Å²) in [6.45, 7) is 2.06. The Hall–Kier alpha value is -0.540. The normalized spacial score (nSPS) is 11.0. The van der Waals surface area contributed by atoms with Gasteiger partial charge >= 0.3 is 0 Å². The van der Waals surface area contributed by atoms with Crippen LogP contribution in [-0.2, 0) is 6.42 Å². The largest absolute Gasteiger partial charge is 0.342 e. The van der Waals surface area contributed by atoms with Gasteiger partial charge < -0.3 is 4.98 Å². The average molecular weight is 260 g/mol. The Balaban J connectivity index is 2.70. The summed E-state index contributed by atoms with van der Waals surface area (Å²) >= 11 is 9.31. The van der Waals surface area contributed by atoms with E-state index in [0.717, 1.165) is 27.8 Å². The Kier molecular flexibility index (Phi) is 2.30. The Morgan fingerprint density at radius 3 is 3.00 bits per heavy atom. The van der Waals surface area contributed by atoms with Crippen molar-refractivity contribution in [3.63, 3.8) is 0 Å². The number of aromatic nitrogens is 2. The van der Waals surface area contributed by atoms with Crippen molar-refractivity contribution < 1.29 is 0 Å². The van der Waals surface area contributed by atoms with Crippen LogP contribution in [0.4, 0.5) is 0 Å². The van der Waals surface area contributed by atoms with Crippen molar-refractivity contribution >= 4 is 38.6 Å². The molecule has 0 aliphatic carbocycles. The smallest absolute Gasteiger partial charge is 0.106 e. The standard InChI is InChI=1S/C9H8BrClN2/c1-2-9-12-7-3-5(10)6(11)4-8(7)13-9/h3-4H,2H2,1H3,(H,12,13). The lowest BCUT2D eigenvalue weighted by Crippen LogP contribution is -1.79. The lowest BCUT2D eigenvalue weighted by molar-refractivity contribution is 1.00. The number of benzene rings is 1. The van der Waals surface area contributed by atoms with Gasteiger partial charge in [0.15, 0.2) is 0 Å². The molecule has 1 aromatic heterocycles. The molecule has 4 heteroatoms. The summed E-state index contributed by atoms with van der Waals surface area (Å²) in [4.78, 5) is 7.59. The summed E-state index contributed by atoms with van der Waals surface area (Å²) in [7, 11) is 0. The lowest BCUT2D eigenvalue weighted by Gasteiger charge is -1.93. The molecule has 1 aromatic carbocycles. The fraction of sp³-hybridized carbons (Fsp3) is 0.222. The number of rotatable bonds is 1. The molecule has 0 radical (unpaired) electrons. The molecular formula is C9H8BrClN2. The quantitative estimate of drug-likeness (QED) is 0.834. The zero-order valence-electron chi connectivity index (χ0n) is 7.06. The second kappa shape index (κ2) is 3.31. The van der Waals surface area contributed by atoms with Crippen LogP contribution in [0.1, 0.15) is 12.7 Å². The van der Waals surface area contributed by atoms with Crippen molar-refractivity contribution in [1.29, 1.82) is 0 Å². The minimum Gasteiger partial charge on any atom is -0.342 e. The minimum atomic E-state index is 0.707. The van der Waals surface area contributed by atoms with Crippen LogP contribution in [0.25, 0.3) is 11.0 Å².